The first kappa shape index (κ1) is 22.5. The van der Waals surface area contributed by atoms with Crippen LogP contribution in [0.25, 0.3) is 0 Å². The molecule has 0 aromatic heterocycles. The summed E-state index contributed by atoms with van der Waals surface area (Å²) in [6, 6.07) is 16.0. The van der Waals surface area contributed by atoms with E-state index in [0.717, 1.165) is 5.56 Å². The van der Waals surface area contributed by atoms with Crippen LogP contribution in [0, 0.1) is 11.3 Å². The van der Waals surface area contributed by atoms with Gasteiger partial charge in [-0.05, 0) is 37.0 Å². The lowest BCUT2D eigenvalue weighted by atomic mass is 9.71. The highest BCUT2D eigenvalue weighted by atomic mass is 16.7. The van der Waals surface area contributed by atoms with Crippen LogP contribution >= 0.6 is 0 Å². The number of esters is 2. The Balaban J connectivity index is 1.97. The average Bonchev–Trinajstić information content (AvgIpc) is 2.75. The van der Waals surface area contributed by atoms with E-state index in [1.165, 1.54) is 13.8 Å². The Morgan fingerprint density at radius 3 is 2.06 bits per heavy atom. The number of ether oxygens (including phenoxy) is 3. The van der Waals surface area contributed by atoms with Gasteiger partial charge in [-0.15, -0.1) is 0 Å². The topological polar surface area (TPSA) is 78.9 Å². The lowest BCUT2D eigenvalue weighted by molar-refractivity contribution is -0.252. The number of cyclic esters (lactones) is 2. The van der Waals surface area contributed by atoms with E-state index in [2.05, 4.69) is 0 Å². The van der Waals surface area contributed by atoms with Crippen molar-refractivity contribution in [3.05, 3.63) is 65.7 Å². The van der Waals surface area contributed by atoms with Crippen LogP contribution in [-0.2, 0) is 25.5 Å². The second kappa shape index (κ2) is 8.92. The molecule has 0 saturated carbocycles. The minimum absolute atomic E-state index is 0.0109. The van der Waals surface area contributed by atoms with Crippen LogP contribution < -0.4 is 4.74 Å². The number of carbonyl (C=O) groups is 3. The Hall–Kier alpha value is -3.15. The lowest BCUT2D eigenvalue weighted by Gasteiger charge is -2.41. The molecule has 2 aromatic rings. The Bertz CT molecular complexity index is 926. The van der Waals surface area contributed by atoms with Crippen LogP contribution in [0.4, 0.5) is 0 Å². The maximum atomic E-state index is 13.2. The summed E-state index contributed by atoms with van der Waals surface area (Å²) in [7, 11) is 1.56. The fraction of sp³-hybridized carbons (Fsp3) is 0.400. The minimum Gasteiger partial charge on any atom is -0.497 e. The smallest absolute Gasteiger partial charge is 0.327 e. The first-order valence-electron chi connectivity index (χ1n) is 10.4. The summed E-state index contributed by atoms with van der Waals surface area (Å²) < 4.78 is 16.2. The molecular weight excluding hydrogens is 396 g/mol. The maximum absolute atomic E-state index is 13.2. The van der Waals surface area contributed by atoms with E-state index in [9.17, 15) is 14.4 Å². The average molecular weight is 424 g/mol. The Morgan fingerprint density at radius 1 is 0.968 bits per heavy atom. The summed E-state index contributed by atoms with van der Waals surface area (Å²) in [5.41, 5.74) is -0.307. The van der Waals surface area contributed by atoms with Crippen LogP contribution in [-0.4, -0.2) is 30.6 Å². The number of hydrogen-bond donors (Lipinski definition) is 0. The molecule has 1 atom stereocenters. The summed E-state index contributed by atoms with van der Waals surface area (Å²) in [6.07, 6.45) is 0.558. The Kier molecular flexibility index (Phi) is 6.48. The van der Waals surface area contributed by atoms with Gasteiger partial charge in [0.05, 0.1) is 7.11 Å². The van der Waals surface area contributed by atoms with E-state index in [1.54, 1.807) is 55.6 Å². The van der Waals surface area contributed by atoms with Gasteiger partial charge in [0.1, 0.15) is 5.75 Å². The molecule has 6 heteroatoms. The van der Waals surface area contributed by atoms with Crippen molar-refractivity contribution in [2.24, 2.45) is 11.3 Å². The van der Waals surface area contributed by atoms with Gasteiger partial charge < -0.3 is 14.2 Å². The summed E-state index contributed by atoms with van der Waals surface area (Å²) in [5.74, 6) is -2.65. The monoisotopic (exact) mass is 424 g/mol. The maximum Gasteiger partial charge on any atom is 0.327 e. The molecular formula is C25H28O6. The molecule has 31 heavy (non-hydrogen) atoms. The van der Waals surface area contributed by atoms with Gasteiger partial charge >= 0.3 is 11.9 Å². The molecule has 0 aliphatic carbocycles. The van der Waals surface area contributed by atoms with E-state index in [0.29, 0.717) is 17.7 Å². The molecule has 0 unspecified atom stereocenters. The summed E-state index contributed by atoms with van der Waals surface area (Å²) in [4.78, 5) is 39.6. The molecule has 0 amide bonds. The van der Waals surface area contributed by atoms with Gasteiger partial charge in [0.2, 0.25) is 0 Å². The summed E-state index contributed by atoms with van der Waals surface area (Å²) in [5, 5.41) is 0. The SMILES string of the molecule is CC[C@@H](CC1(Cc2ccc(OC)cc2)C(=O)OC(C)(C)OC1=O)C(=O)c1ccccc1. The van der Waals surface area contributed by atoms with Gasteiger partial charge in [-0.3, -0.25) is 14.4 Å². The van der Waals surface area contributed by atoms with Gasteiger partial charge in [0.15, 0.2) is 11.2 Å². The van der Waals surface area contributed by atoms with Crippen LogP contribution in [0.1, 0.15) is 49.5 Å². The van der Waals surface area contributed by atoms with Crippen LogP contribution in [0.15, 0.2) is 54.6 Å². The lowest BCUT2D eigenvalue weighted by Crippen LogP contribution is -2.56. The third-order valence-electron chi connectivity index (χ3n) is 5.64. The molecule has 1 aliphatic rings. The molecule has 0 radical (unpaired) electrons. The molecule has 1 fully saturated rings. The fourth-order valence-corrected chi connectivity index (χ4v) is 3.90. The van der Waals surface area contributed by atoms with Crippen molar-refractivity contribution in [3.8, 4) is 5.75 Å². The van der Waals surface area contributed by atoms with E-state index in [1.807, 2.05) is 13.0 Å². The third-order valence-corrected chi connectivity index (χ3v) is 5.64. The van der Waals surface area contributed by atoms with E-state index >= 15 is 0 Å². The molecule has 3 rings (SSSR count). The Morgan fingerprint density at radius 2 is 1.55 bits per heavy atom. The first-order valence-corrected chi connectivity index (χ1v) is 10.4. The second-order valence-electron chi connectivity index (χ2n) is 8.33. The number of hydrogen-bond acceptors (Lipinski definition) is 6. The van der Waals surface area contributed by atoms with Gasteiger partial charge in [-0.2, -0.15) is 0 Å². The van der Waals surface area contributed by atoms with Crippen LogP contribution in [0.5, 0.6) is 5.75 Å². The predicted octanol–water partition coefficient (Wildman–Crippen LogP) is 4.36. The van der Waals surface area contributed by atoms with Gasteiger partial charge in [-0.25, -0.2) is 0 Å². The summed E-state index contributed by atoms with van der Waals surface area (Å²) >= 11 is 0. The normalized spacial score (nSPS) is 17.9. The molecule has 1 saturated heterocycles. The summed E-state index contributed by atoms with van der Waals surface area (Å²) in [6.45, 7) is 4.91. The number of benzene rings is 2. The van der Waals surface area contributed by atoms with Crippen molar-refractivity contribution in [2.75, 3.05) is 7.11 Å². The zero-order valence-electron chi connectivity index (χ0n) is 18.3. The molecule has 164 valence electrons. The van der Waals surface area contributed by atoms with Crippen LogP contribution in [0.3, 0.4) is 0 Å². The number of methoxy groups -OCH3 is 1. The van der Waals surface area contributed by atoms with Crippen molar-refractivity contribution in [1.29, 1.82) is 0 Å². The molecule has 0 N–H and O–H groups in total. The van der Waals surface area contributed by atoms with Gasteiger partial charge in [0, 0.05) is 25.3 Å². The molecule has 2 aromatic carbocycles. The fourth-order valence-electron chi connectivity index (χ4n) is 3.90. The third kappa shape index (κ3) is 4.79. The second-order valence-corrected chi connectivity index (χ2v) is 8.33. The number of carbonyl (C=O) groups excluding carboxylic acids is 3. The van der Waals surface area contributed by atoms with Crippen molar-refractivity contribution < 1.29 is 28.6 Å². The van der Waals surface area contributed by atoms with Gasteiger partial charge in [0.25, 0.3) is 5.79 Å². The van der Waals surface area contributed by atoms with Gasteiger partial charge in [-0.1, -0.05) is 49.4 Å². The highest BCUT2D eigenvalue weighted by Gasteiger charge is 2.57. The van der Waals surface area contributed by atoms with Crippen molar-refractivity contribution >= 4 is 17.7 Å². The van der Waals surface area contributed by atoms with Crippen molar-refractivity contribution in [2.45, 2.75) is 45.8 Å². The molecule has 0 bridgehead atoms. The van der Waals surface area contributed by atoms with Crippen molar-refractivity contribution in [1.82, 2.24) is 0 Å². The number of rotatable bonds is 8. The quantitative estimate of drug-likeness (QED) is 0.356. The Labute approximate surface area is 182 Å². The number of ketones is 1. The van der Waals surface area contributed by atoms with E-state index in [-0.39, 0.29) is 18.6 Å². The largest absolute Gasteiger partial charge is 0.497 e. The molecule has 1 aliphatic heterocycles. The highest BCUT2D eigenvalue weighted by molar-refractivity contribution is 6.04. The van der Waals surface area contributed by atoms with E-state index in [4.69, 9.17) is 14.2 Å². The van der Waals surface area contributed by atoms with Crippen molar-refractivity contribution in [3.63, 3.8) is 0 Å². The standard InChI is InChI=1S/C25H28O6/c1-5-18(21(26)19-9-7-6-8-10-19)16-25(15-17-11-13-20(29-4)14-12-17)22(27)30-24(2,3)31-23(25)28/h6-14,18H,5,15-16H2,1-4H3/t18-/m0/s1. The predicted molar refractivity (Wildman–Crippen MR) is 115 cm³/mol. The zero-order valence-corrected chi connectivity index (χ0v) is 18.3. The molecule has 0 spiro atoms. The molecule has 1 heterocycles. The van der Waals surface area contributed by atoms with E-state index < -0.39 is 29.1 Å². The highest BCUT2D eigenvalue weighted by Crippen LogP contribution is 2.41. The zero-order chi connectivity index (χ0) is 22.6. The first-order chi connectivity index (χ1) is 14.7. The molecule has 6 nitrogen and oxygen atoms in total. The number of Topliss-reactive ketones (excluding diaryl/α,β-unsaturated/α-hetero) is 1. The van der Waals surface area contributed by atoms with Crippen LogP contribution in [0.2, 0.25) is 0 Å². The minimum atomic E-state index is -1.60.